The van der Waals surface area contributed by atoms with Crippen molar-refractivity contribution in [2.45, 2.75) is 49.8 Å². The van der Waals surface area contributed by atoms with Crippen molar-refractivity contribution in [3.8, 4) is 0 Å². The average Bonchev–Trinajstić information content (AvgIpc) is 3.40. The Bertz CT molecular complexity index is 967. The summed E-state index contributed by atoms with van der Waals surface area (Å²) in [5, 5.41) is 4.06. The van der Waals surface area contributed by atoms with Crippen LogP contribution in [0.5, 0.6) is 0 Å². The number of hydrogen-bond acceptors (Lipinski definition) is 4. The number of para-hydroxylation sites is 2. The number of nitrogens with one attached hydrogen (secondary N) is 1. The number of fused-ring (bicyclic) bond motifs is 1. The largest absolute Gasteiger partial charge is 0.346 e. The Morgan fingerprint density at radius 3 is 2.73 bits per heavy atom. The number of rotatable bonds is 9. The lowest BCUT2D eigenvalue weighted by molar-refractivity contribution is -0.122. The molecule has 0 aliphatic carbocycles. The van der Waals surface area contributed by atoms with Gasteiger partial charge in [0.2, 0.25) is 5.91 Å². The summed E-state index contributed by atoms with van der Waals surface area (Å²) in [6, 6.07) is 18.3. The monoisotopic (exact) mass is 439 g/mol. The van der Waals surface area contributed by atoms with Gasteiger partial charge in [0.25, 0.3) is 0 Å². The summed E-state index contributed by atoms with van der Waals surface area (Å²) in [5.41, 5.74) is 3.26. The smallest absolute Gasteiger partial charge is 0.220 e. The lowest BCUT2D eigenvalue weighted by atomic mass is 10.0. The van der Waals surface area contributed by atoms with Gasteiger partial charge in [-0.3, -0.25) is 4.79 Å². The van der Waals surface area contributed by atoms with Gasteiger partial charge in [0.05, 0.1) is 17.1 Å². The second-order valence-electron chi connectivity index (χ2n) is 7.90. The van der Waals surface area contributed by atoms with E-state index >= 15 is 0 Å². The van der Waals surface area contributed by atoms with E-state index < -0.39 is 0 Å². The highest BCUT2D eigenvalue weighted by Gasteiger charge is 2.21. The van der Waals surface area contributed by atoms with Gasteiger partial charge in [0, 0.05) is 24.5 Å². The topological polar surface area (TPSA) is 46.9 Å². The zero-order chi connectivity index (χ0) is 20.8. The van der Waals surface area contributed by atoms with Crippen molar-refractivity contribution in [2.24, 2.45) is 7.05 Å². The molecule has 0 bridgehead atoms. The Morgan fingerprint density at radius 2 is 1.97 bits per heavy atom. The SMILES string of the molecule is Cn1c([C@@H](Cc2ccccc2)NC(=O)CCCC[C@H]2CCSS2)nc2ccccc21. The van der Waals surface area contributed by atoms with Crippen LogP contribution in [0.1, 0.15) is 49.5 Å². The number of benzene rings is 2. The summed E-state index contributed by atoms with van der Waals surface area (Å²) in [6.45, 7) is 0. The average molecular weight is 440 g/mol. The molecule has 2 atom stereocenters. The molecule has 2 heterocycles. The molecule has 1 aromatic heterocycles. The van der Waals surface area contributed by atoms with Gasteiger partial charge < -0.3 is 9.88 Å². The predicted octanol–water partition coefficient (Wildman–Crippen LogP) is 5.69. The second-order valence-corrected chi connectivity index (χ2v) is 10.7. The lowest BCUT2D eigenvalue weighted by Gasteiger charge is -2.19. The van der Waals surface area contributed by atoms with Gasteiger partial charge in [0.15, 0.2) is 0 Å². The van der Waals surface area contributed by atoms with Crippen LogP contribution in [0.3, 0.4) is 0 Å². The van der Waals surface area contributed by atoms with Gasteiger partial charge >= 0.3 is 0 Å². The molecular formula is C24H29N3OS2. The fourth-order valence-corrected chi connectivity index (χ4v) is 7.05. The van der Waals surface area contributed by atoms with Crippen LogP contribution in [0.4, 0.5) is 0 Å². The first-order valence-corrected chi connectivity index (χ1v) is 13.1. The first-order valence-electron chi connectivity index (χ1n) is 10.7. The Hall–Kier alpha value is -1.92. The molecule has 2 aromatic carbocycles. The van der Waals surface area contributed by atoms with E-state index in [2.05, 4.69) is 28.1 Å². The summed E-state index contributed by atoms with van der Waals surface area (Å²) in [7, 11) is 6.04. The molecule has 1 aliphatic rings. The minimum Gasteiger partial charge on any atom is -0.346 e. The van der Waals surface area contributed by atoms with Crippen molar-refractivity contribution in [2.75, 3.05) is 5.75 Å². The van der Waals surface area contributed by atoms with Crippen molar-refractivity contribution < 1.29 is 4.79 Å². The molecule has 158 valence electrons. The molecule has 0 spiro atoms. The van der Waals surface area contributed by atoms with E-state index in [0.717, 1.165) is 41.4 Å². The predicted molar refractivity (Wildman–Crippen MR) is 129 cm³/mol. The molecule has 1 aliphatic heterocycles. The van der Waals surface area contributed by atoms with Gasteiger partial charge in [-0.15, -0.1) is 0 Å². The Morgan fingerprint density at radius 1 is 1.17 bits per heavy atom. The van der Waals surface area contributed by atoms with Crippen LogP contribution in [-0.2, 0) is 18.3 Å². The van der Waals surface area contributed by atoms with E-state index in [1.807, 2.05) is 65.0 Å². The minimum absolute atomic E-state index is 0.122. The molecule has 4 rings (SSSR count). The third-order valence-electron chi connectivity index (χ3n) is 5.66. The number of hydrogen-bond donors (Lipinski definition) is 1. The van der Waals surface area contributed by atoms with Crippen LogP contribution in [0.2, 0.25) is 0 Å². The lowest BCUT2D eigenvalue weighted by Crippen LogP contribution is -2.31. The molecule has 0 radical (unpaired) electrons. The molecule has 4 nitrogen and oxygen atoms in total. The molecule has 6 heteroatoms. The summed E-state index contributed by atoms with van der Waals surface area (Å²) < 4.78 is 2.11. The maximum atomic E-state index is 12.8. The molecule has 1 N–H and O–H groups in total. The number of nitrogens with zero attached hydrogens (tertiary/aromatic N) is 2. The fraction of sp³-hybridized carbons (Fsp3) is 0.417. The second kappa shape index (κ2) is 10.4. The highest BCUT2D eigenvalue weighted by atomic mass is 33.1. The van der Waals surface area contributed by atoms with Crippen LogP contribution in [-0.4, -0.2) is 26.5 Å². The third kappa shape index (κ3) is 5.41. The van der Waals surface area contributed by atoms with Gasteiger partial charge in [-0.05, 0) is 43.4 Å². The van der Waals surface area contributed by atoms with E-state index in [1.54, 1.807) is 0 Å². The summed E-state index contributed by atoms with van der Waals surface area (Å²) in [6.07, 6.45) is 5.94. The number of imidazole rings is 1. The first kappa shape index (κ1) is 21.3. The van der Waals surface area contributed by atoms with Crippen molar-refractivity contribution in [1.29, 1.82) is 0 Å². The van der Waals surface area contributed by atoms with Gasteiger partial charge in [0.1, 0.15) is 5.82 Å². The number of unbranched alkanes of at least 4 members (excludes halogenated alkanes) is 1. The number of amides is 1. The van der Waals surface area contributed by atoms with Crippen LogP contribution in [0.15, 0.2) is 54.6 Å². The van der Waals surface area contributed by atoms with Gasteiger partial charge in [-0.2, -0.15) is 0 Å². The van der Waals surface area contributed by atoms with Crippen LogP contribution in [0.25, 0.3) is 11.0 Å². The first-order chi connectivity index (χ1) is 14.7. The molecule has 30 heavy (non-hydrogen) atoms. The summed E-state index contributed by atoms with van der Waals surface area (Å²) in [5.74, 6) is 2.30. The van der Waals surface area contributed by atoms with E-state index in [4.69, 9.17) is 4.98 Å². The van der Waals surface area contributed by atoms with Crippen molar-refractivity contribution in [1.82, 2.24) is 14.9 Å². The van der Waals surface area contributed by atoms with E-state index in [1.165, 1.54) is 24.2 Å². The molecule has 0 unspecified atom stereocenters. The minimum atomic E-state index is -0.140. The van der Waals surface area contributed by atoms with Crippen LogP contribution >= 0.6 is 21.6 Å². The number of carbonyl (C=O) groups excluding carboxylic acids is 1. The quantitative estimate of drug-likeness (QED) is 0.344. The van der Waals surface area contributed by atoms with Crippen molar-refractivity contribution in [3.63, 3.8) is 0 Å². The molecular weight excluding hydrogens is 410 g/mol. The molecule has 1 amide bonds. The third-order valence-corrected chi connectivity index (χ3v) is 8.67. The highest BCUT2D eigenvalue weighted by molar-refractivity contribution is 8.77. The summed E-state index contributed by atoms with van der Waals surface area (Å²) in [4.78, 5) is 17.6. The van der Waals surface area contributed by atoms with Gasteiger partial charge in [-0.1, -0.05) is 70.5 Å². The zero-order valence-electron chi connectivity index (χ0n) is 17.4. The van der Waals surface area contributed by atoms with Crippen molar-refractivity contribution >= 4 is 38.5 Å². The number of carbonyl (C=O) groups is 1. The number of aryl methyl sites for hydroxylation is 1. The zero-order valence-corrected chi connectivity index (χ0v) is 19.1. The molecule has 3 aromatic rings. The molecule has 1 fully saturated rings. The molecule has 1 saturated heterocycles. The Kier molecular flexibility index (Phi) is 7.39. The van der Waals surface area contributed by atoms with Crippen LogP contribution in [0, 0.1) is 0 Å². The van der Waals surface area contributed by atoms with E-state index in [0.29, 0.717) is 6.42 Å². The summed E-state index contributed by atoms with van der Waals surface area (Å²) >= 11 is 0. The Balaban J connectivity index is 1.43. The fourth-order valence-electron chi connectivity index (χ4n) is 4.02. The highest BCUT2D eigenvalue weighted by Crippen LogP contribution is 2.39. The maximum absolute atomic E-state index is 12.8. The normalized spacial score (nSPS) is 17.3. The molecule has 0 saturated carbocycles. The Labute approximate surface area is 186 Å². The maximum Gasteiger partial charge on any atom is 0.220 e. The van der Waals surface area contributed by atoms with E-state index in [-0.39, 0.29) is 11.9 Å². The standard InChI is InChI=1S/C24H29N3OS2/c1-27-22-13-7-6-12-20(22)26-24(27)21(17-18-9-3-2-4-10-18)25-23(28)14-8-5-11-19-15-16-29-30-19/h2-4,6-7,9-10,12-13,19,21H,5,8,11,14-17H2,1H3,(H,25,28)/t19-,21+/m0/s1. The van der Waals surface area contributed by atoms with E-state index in [9.17, 15) is 4.79 Å². The van der Waals surface area contributed by atoms with Crippen molar-refractivity contribution in [3.05, 3.63) is 66.0 Å². The number of aromatic nitrogens is 2. The van der Waals surface area contributed by atoms with Crippen LogP contribution < -0.4 is 5.32 Å². The van der Waals surface area contributed by atoms with Gasteiger partial charge in [-0.25, -0.2) is 4.98 Å².